The standard InChI is InChI=1S/C15H25NO2/c1-5-12(2)11-16-14-7-6-13(3)10-15(14)18-9-8-17-4/h6-7,10,12,16H,5,8-9,11H2,1-4H3. The van der Waals surface area contributed by atoms with E-state index in [1.807, 2.05) is 0 Å². The monoisotopic (exact) mass is 251 g/mol. The molecular formula is C15H25NO2. The lowest BCUT2D eigenvalue weighted by Crippen LogP contribution is -2.12. The first-order valence-corrected chi connectivity index (χ1v) is 6.63. The molecule has 0 aromatic heterocycles. The summed E-state index contributed by atoms with van der Waals surface area (Å²) in [6.07, 6.45) is 1.18. The summed E-state index contributed by atoms with van der Waals surface area (Å²) >= 11 is 0. The Hall–Kier alpha value is -1.22. The number of nitrogens with one attached hydrogen (secondary N) is 1. The lowest BCUT2D eigenvalue weighted by atomic mass is 10.1. The van der Waals surface area contributed by atoms with Crippen LogP contribution in [0.15, 0.2) is 18.2 Å². The molecule has 0 bridgehead atoms. The van der Waals surface area contributed by atoms with Crippen LogP contribution in [0, 0.1) is 12.8 Å². The normalized spacial score (nSPS) is 12.2. The Kier molecular flexibility index (Phi) is 6.58. The molecule has 0 fully saturated rings. The van der Waals surface area contributed by atoms with Crippen molar-refractivity contribution in [3.05, 3.63) is 23.8 Å². The Bertz CT molecular complexity index is 352. The molecule has 3 nitrogen and oxygen atoms in total. The van der Waals surface area contributed by atoms with Gasteiger partial charge in [0.1, 0.15) is 12.4 Å². The number of hydrogen-bond acceptors (Lipinski definition) is 3. The molecule has 18 heavy (non-hydrogen) atoms. The van der Waals surface area contributed by atoms with Gasteiger partial charge in [-0.15, -0.1) is 0 Å². The molecular weight excluding hydrogens is 226 g/mol. The molecule has 1 aromatic carbocycles. The number of benzene rings is 1. The summed E-state index contributed by atoms with van der Waals surface area (Å²) in [5, 5.41) is 3.45. The SMILES string of the molecule is CCC(C)CNc1ccc(C)cc1OCCOC. The topological polar surface area (TPSA) is 30.5 Å². The average molecular weight is 251 g/mol. The molecule has 1 aromatic rings. The van der Waals surface area contributed by atoms with Crippen LogP contribution in [0.2, 0.25) is 0 Å². The molecule has 1 unspecified atom stereocenters. The van der Waals surface area contributed by atoms with Crippen molar-refractivity contribution >= 4 is 5.69 Å². The molecule has 3 heteroatoms. The van der Waals surface area contributed by atoms with Crippen LogP contribution >= 0.6 is 0 Å². The van der Waals surface area contributed by atoms with Crippen LogP contribution in [-0.2, 0) is 4.74 Å². The van der Waals surface area contributed by atoms with E-state index in [0.717, 1.165) is 18.0 Å². The minimum atomic E-state index is 0.581. The molecule has 0 saturated heterocycles. The zero-order chi connectivity index (χ0) is 13.4. The van der Waals surface area contributed by atoms with Crippen LogP contribution in [0.1, 0.15) is 25.8 Å². The molecule has 0 radical (unpaired) electrons. The van der Waals surface area contributed by atoms with Gasteiger partial charge in [0.15, 0.2) is 0 Å². The molecule has 1 N–H and O–H groups in total. The van der Waals surface area contributed by atoms with Gasteiger partial charge < -0.3 is 14.8 Å². The number of rotatable bonds is 8. The van der Waals surface area contributed by atoms with Gasteiger partial charge in [-0.05, 0) is 30.5 Å². The summed E-state index contributed by atoms with van der Waals surface area (Å²) in [7, 11) is 1.68. The number of ether oxygens (including phenoxy) is 2. The van der Waals surface area contributed by atoms with Crippen molar-refractivity contribution in [1.29, 1.82) is 0 Å². The van der Waals surface area contributed by atoms with E-state index in [4.69, 9.17) is 9.47 Å². The fraction of sp³-hybridized carbons (Fsp3) is 0.600. The first-order chi connectivity index (χ1) is 8.67. The predicted molar refractivity (Wildman–Crippen MR) is 76.5 cm³/mol. The number of methoxy groups -OCH3 is 1. The van der Waals surface area contributed by atoms with Gasteiger partial charge in [-0.1, -0.05) is 26.3 Å². The molecule has 0 saturated carbocycles. The minimum Gasteiger partial charge on any atom is -0.489 e. The van der Waals surface area contributed by atoms with Crippen LogP contribution in [0.5, 0.6) is 5.75 Å². The Morgan fingerprint density at radius 3 is 2.72 bits per heavy atom. The minimum absolute atomic E-state index is 0.581. The van der Waals surface area contributed by atoms with Crippen molar-refractivity contribution in [1.82, 2.24) is 0 Å². The number of hydrogen-bond donors (Lipinski definition) is 1. The van der Waals surface area contributed by atoms with Crippen molar-refractivity contribution in [2.75, 3.05) is 32.2 Å². The highest BCUT2D eigenvalue weighted by molar-refractivity contribution is 5.57. The Morgan fingerprint density at radius 1 is 1.28 bits per heavy atom. The van der Waals surface area contributed by atoms with Crippen molar-refractivity contribution in [3.8, 4) is 5.75 Å². The van der Waals surface area contributed by atoms with E-state index in [2.05, 4.69) is 44.3 Å². The van der Waals surface area contributed by atoms with E-state index in [-0.39, 0.29) is 0 Å². The fourth-order valence-electron chi connectivity index (χ4n) is 1.56. The molecule has 0 aliphatic heterocycles. The second-order valence-corrected chi connectivity index (χ2v) is 4.74. The molecule has 0 heterocycles. The van der Waals surface area contributed by atoms with Gasteiger partial charge in [-0.2, -0.15) is 0 Å². The van der Waals surface area contributed by atoms with E-state index in [9.17, 15) is 0 Å². The molecule has 0 spiro atoms. The average Bonchev–Trinajstić information content (AvgIpc) is 2.37. The van der Waals surface area contributed by atoms with Gasteiger partial charge >= 0.3 is 0 Å². The van der Waals surface area contributed by atoms with Gasteiger partial charge in [-0.3, -0.25) is 0 Å². The largest absolute Gasteiger partial charge is 0.489 e. The maximum absolute atomic E-state index is 5.74. The highest BCUT2D eigenvalue weighted by Crippen LogP contribution is 2.26. The number of anilines is 1. The first kappa shape index (κ1) is 14.8. The molecule has 0 amide bonds. The van der Waals surface area contributed by atoms with Gasteiger partial charge in [0.2, 0.25) is 0 Å². The van der Waals surface area contributed by atoms with Crippen molar-refractivity contribution in [2.45, 2.75) is 27.2 Å². The highest BCUT2D eigenvalue weighted by Gasteiger charge is 2.05. The van der Waals surface area contributed by atoms with Gasteiger partial charge in [-0.25, -0.2) is 0 Å². The molecule has 0 aliphatic carbocycles. The second-order valence-electron chi connectivity index (χ2n) is 4.74. The predicted octanol–water partition coefficient (Wildman–Crippen LogP) is 3.48. The lowest BCUT2D eigenvalue weighted by Gasteiger charge is -2.16. The van der Waals surface area contributed by atoms with Gasteiger partial charge in [0.25, 0.3) is 0 Å². The van der Waals surface area contributed by atoms with E-state index < -0.39 is 0 Å². The fourth-order valence-corrected chi connectivity index (χ4v) is 1.56. The molecule has 1 rings (SSSR count). The van der Waals surface area contributed by atoms with Gasteiger partial charge in [0.05, 0.1) is 12.3 Å². The first-order valence-electron chi connectivity index (χ1n) is 6.63. The van der Waals surface area contributed by atoms with Crippen LogP contribution in [0.3, 0.4) is 0 Å². The van der Waals surface area contributed by atoms with Crippen LogP contribution in [-0.4, -0.2) is 26.9 Å². The zero-order valence-electron chi connectivity index (χ0n) is 12.0. The second kappa shape index (κ2) is 7.98. The van der Waals surface area contributed by atoms with E-state index in [0.29, 0.717) is 19.1 Å². The molecule has 1 atom stereocenters. The molecule has 0 aliphatic rings. The van der Waals surface area contributed by atoms with E-state index >= 15 is 0 Å². The smallest absolute Gasteiger partial charge is 0.142 e. The van der Waals surface area contributed by atoms with Crippen molar-refractivity contribution in [2.24, 2.45) is 5.92 Å². The molecule has 102 valence electrons. The summed E-state index contributed by atoms with van der Waals surface area (Å²) in [4.78, 5) is 0. The maximum atomic E-state index is 5.74. The van der Waals surface area contributed by atoms with Crippen molar-refractivity contribution < 1.29 is 9.47 Å². The summed E-state index contributed by atoms with van der Waals surface area (Å²) in [6.45, 7) is 8.68. The summed E-state index contributed by atoms with van der Waals surface area (Å²) in [5.74, 6) is 1.58. The number of aryl methyl sites for hydroxylation is 1. The highest BCUT2D eigenvalue weighted by atomic mass is 16.5. The van der Waals surface area contributed by atoms with Crippen molar-refractivity contribution in [3.63, 3.8) is 0 Å². The van der Waals surface area contributed by atoms with Gasteiger partial charge in [0, 0.05) is 13.7 Å². The summed E-state index contributed by atoms with van der Waals surface area (Å²) < 4.78 is 10.7. The van der Waals surface area contributed by atoms with Crippen LogP contribution < -0.4 is 10.1 Å². The Morgan fingerprint density at radius 2 is 2.06 bits per heavy atom. The Balaban J connectivity index is 2.63. The third-order valence-electron chi connectivity index (χ3n) is 3.02. The van der Waals surface area contributed by atoms with Crippen LogP contribution in [0.25, 0.3) is 0 Å². The Labute approximate surface area is 110 Å². The van der Waals surface area contributed by atoms with Crippen LogP contribution in [0.4, 0.5) is 5.69 Å². The van der Waals surface area contributed by atoms with E-state index in [1.165, 1.54) is 12.0 Å². The maximum Gasteiger partial charge on any atom is 0.142 e. The quantitative estimate of drug-likeness (QED) is 0.718. The third-order valence-corrected chi connectivity index (χ3v) is 3.02. The third kappa shape index (κ3) is 4.96. The summed E-state index contributed by atoms with van der Waals surface area (Å²) in [6, 6.07) is 6.25. The lowest BCUT2D eigenvalue weighted by molar-refractivity contribution is 0.146. The summed E-state index contributed by atoms with van der Waals surface area (Å²) in [5.41, 5.74) is 2.27. The zero-order valence-corrected chi connectivity index (χ0v) is 12.0. The van der Waals surface area contributed by atoms with E-state index in [1.54, 1.807) is 7.11 Å².